The molecular formula is C16H13BrN2O3. The van der Waals surface area contributed by atoms with Crippen LogP contribution >= 0.6 is 15.9 Å². The third-order valence-electron chi connectivity index (χ3n) is 3.44. The Morgan fingerprint density at radius 1 is 1.18 bits per heavy atom. The first-order valence-electron chi connectivity index (χ1n) is 6.66. The number of ether oxygens (including phenoxy) is 1. The molecule has 2 amide bonds. The van der Waals surface area contributed by atoms with Crippen molar-refractivity contribution in [1.29, 1.82) is 0 Å². The van der Waals surface area contributed by atoms with Crippen LogP contribution in [0.2, 0.25) is 0 Å². The third-order valence-corrected chi connectivity index (χ3v) is 4.13. The molecule has 6 heteroatoms. The summed E-state index contributed by atoms with van der Waals surface area (Å²) in [4.78, 5) is 24.8. The first-order valence-corrected chi connectivity index (χ1v) is 7.45. The number of para-hydroxylation sites is 3. The van der Waals surface area contributed by atoms with Crippen LogP contribution in [0.3, 0.4) is 0 Å². The molecule has 0 saturated heterocycles. The van der Waals surface area contributed by atoms with Crippen molar-refractivity contribution in [3.63, 3.8) is 0 Å². The number of benzene rings is 2. The fourth-order valence-electron chi connectivity index (χ4n) is 2.12. The van der Waals surface area contributed by atoms with Crippen molar-refractivity contribution >= 4 is 39.1 Å². The van der Waals surface area contributed by atoms with E-state index in [1.54, 1.807) is 42.5 Å². The summed E-state index contributed by atoms with van der Waals surface area (Å²) >= 11 is 3.35. The van der Waals surface area contributed by atoms with Crippen LogP contribution in [-0.2, 0) is 9.59 Å². The van der Waals surface area contributed by atoms with Crippen LogP contribution in [0.15, 0.2) is 53.0 Å². The number of nitrogens with one attached hydrogen (secondary N) is 2. The predicted octanol–water partition coefficient (Wildman–Crippen LogP) is 3.18. The second-order valence-electron chi connectivity index (χ2n) is 5.02. The molecule has 0 fully saturated rings. The topological polar surface area (TPSA) is 67.4 Å². The highest BCUT2D eigenvalue weighted by Crippen LogP contribution is 2.34. The van der Waals surface area contributed by atoms with Gasteiger partial charge >= 0.3 is 0 Å². The van der Waals surface area contributed by atoms with Gasteiger partial charge < -0.3 is 15.4 Å². The maximum Gasteiger partial charge on any atom is 0.278 e. The summed E-state index contributed by atoms with van der Waals surface area (Å²) in [5, 5.41) is 5.41. The number of halogens is 1. The Morgan fingerprint density at radius 3 is 2.64 bits per heavy atom. The Kier molecular flexibility index (Phi) is 3.62. The van der Waals surface area contributed by atoms with Crippen LogP contribution in [0.1, 0.15) is 6.92 Å². The van der Waals surface area contributed by atoms with Crippen molar-refractivity contribution in [2.75, 3.05) is 10.6 Å². The summed E-state index contributed by atoms with van der Waals surface area (Å²) in [6, 6.07) is 14.2. The van der Waals surface area contributed by atoms with Crippen molar-refractivity contribution in [1.82, 2.24) is 0 Å². The Bertz CT molecular complexity index is 763. The van der Waals surface area contributed by atoms with Crippen LogP contribution in [0.4, 0.5) is 11.4 Å². The standard InChI is InChI=1S/C16H13BrN2O3/c1-16(14(20)18-11-7-3-2-6-10(11)17)15(21)19-12-8-4-5-9-13(12)22-16/h2-9H,1H3,(H,18,20)(H,19,21). The third kappa shape index (κ3) is 2.46. The van der Waals surface area contributed by atoms with Gasteiger partial charge in [0.25, 0.3) is 17.4 Å². The maximum absolute atomic E-state index is 12.5. The van der Waals surface area contributed by atoms with Gasteiger partial charge in [-0.1, -0.05) is 24.3 Å². The summed E-state index contributed by atoms with van der Waals surface area (Å²) in [6.07, 6.45) is 0. The molecule has 0 saturated carbocycles. The van der Waals surface area contributed by atoms with Gasteiger partial charge in [-0.2, -0.15) is 0 Å². The van der Waals surface area contributed by atoms with E-state index in [4.69, 9.17) is 4.74 Å². The van der Waals surface area contributed by atoms with E-state index in [0.717, 1.165) is 4.47 Å². The van der Waals surface area contributed by atoms with E-state index >= 15 is 0 Å². The average molecular weight is 361 g/mol. The van der Waals surface area contributed by atoms with E-state index in [9.17, 15) is 9.59 Å². The molecule has 2 aromatic carbocycles. The smallest absolute Gasteiger partial charge is 0.278 e. The van der Waals surface area contributed by atoms with E-state index in [2.05, 4.69) is 26.6 Å². The van der Waals surface area contributed by atoms with E-state index in [0.29, 0.717) is 17.1 Å². The molecule has 0 bridgehead atoms. The number of fused-ring (bicyclic) bond motifs is 1. The van der Waals surface area contributed by atoms with Crippen LogP contribution in [0.25, 0.3) is 0 Å². The summed E-state index contributed by atoms with van der Waals surface area (Å²) in [5.74, 6) is -0.575. The number of amides is 2. The molecule has 1 aliphatic heterocycles. The molecule has 0 spiro atoms. The number of hydrogen-bond acceptors (Lipinski definition) is 3. The lowest BCUT2D eigenvalue weighted by Gasteiger charge is -2.33. The molecular weight excluding hydrogens is 348 g/mol. The van der Waals surface area contributed by atoms with E-state index in [1.165, 1.54) is 6.92 Å². The molecule has 5 nitrogen and oxygen atoms in total. The summed E-state index contributed by atoms with van der Waals surface area (Å²) < 4.78 is 6.39. The molecule has 2 N–H and O–H groups in total. The van der Waals surface area contributed by atoms with Gasteiger partial charge in [0.05, 0.1) is 11.4 Å². The zero-order valence-corrected chi connectivity index (χ0v) is 13.3. The highest BCUT2D eigenvalue weighted by Gasteiger charge is 2.47. The minimum absolute atomic E-state index is 0.465. The van der Waals surface area contributed by atoms with Crippen LogP contribution in [0.5, 0.6) is 5.75 Å². The molecule has 22 heavy (non-hydrogen) atoms. The zero-order valence-electron chi connectivity index (χ0n) is 11.7. The Balaban J connectivity index is 1.89. The number of anilines is 2. The minimum atomic E-state index is -1.64. The fraction of sp³-hybridized carbons (Fsp3) is 0.125. The second kappa shape index (κ2) is 5.46. The molecule has 1 aliphatic rings. The summed E-state index contributed by atoms with van der Waals surface area (Å²) in [7, 11) is 0. The monoisotopic (exact) mass is 360 g/mol. The number of rotatable bonds is 2. The molecule has 0 aromatic heterocycles. The molecule has 112 valence electrons. The molecule has 2 aromatic rings. The van der Waals surface area contributed by atoms with Crippen molar-refractivity contribution in [2.24, 2.45) is 0 Å². The number of carbonyl (C=O) groups excluding carboxylic acids is 2. The highest BCUT2D eigenvalue weighted by molar-refractivity contribution is 9.10. The highest BCUT2D eigenvalue weighted by atomic mass is 79.9. The normalized spacial score (nSPS) is 19.6. The minimum Gasteiger partial charge on any atom is -0.466 e. The molecule has 0 radical (unpaired) electrons. The first kappa shape index (κ1) is 14.6. The molecule has 3 rings (SSSR count). The molecule has 1 atom stereocenters. The van der Waals surface area contributed by atoms with E-state index < -0.39 is 17.4 Å². The predicted molar refractivity (Wildman–Crippen MR) is 86.9 cm³/mol. The van der Waals surface area contributed by atoms with Crippen LogP contribution in [-0.4, -0.2) is 17.4 Å². The Labute approximate surface area is 135 Å². The van der Waals surface area contributed by atoms with E-state index in [1.807, 2.05) is 6.07 Å². The molecule has 1 heterocycles. The van der Waals surface area contributed by atoms with Crippen molar-refractivity contribution in [3.05, 3.63) is 53.0 Å². The van der Waals surface area contributed by atoms with Gasteiger partial charge in [-0.25, -0.2) is 0 Å². The van der Waals surface area contributed by atoms with Crippen molar-refractivity contribution in [2.45, 2.75) is 12.5 Å². The second-order valence-corrected chi connectivity index (χ2v) is 5.87. The summed E-state index contributed by atoms with van der Waals surface area (Å²) in [6.45, 7) is 1.45. The summed E-state index contributed by atoms with van der Waals surface area (Å²) in [5.41, 5.74) is -0.508. The van der Waals surface area contributed by atoms with Gasteiger partial charge in [0.15, 0.2) is 0 Å². The van der Waals surface area contributed by atoms with Crippen LogP contribution < -0.4 is 15.4 Å². The van der Waals surface area contributed by atoms with Gasteiger partial charge in [-0.3, -0.25) is 9.59 Å². The lowest BCUT2D eigenvalue weighted by Crippen LogP contribution is -2.56. The van der Waals surface area contributed by atoms with Gasteiger partial charge in [0, 0.05) is 4.47 Å². The SMILES string of the molecule is CC1(C(=O)Nc2ccccc2Br)Oc2ccccc2NC1=O. The number of hydrogen-bond donors (Lipinski definition) is 2. The van der Waals surface area contributed by atoms with Crippen molar-refractivity contribution < 1.29 is 14.3 Å². The van der Waals surface area contributed by atoms with Gasteiger partial charge in [0.1, 0.15) is 5.75 Å². The Morgan fingerprint density at radius 2 is 1.86 bits per heavy atom. The average Bonchev–Trinajstić information content (AvgIpc) is 2.50. The Hall–Kier alpha value is -2.34. The number of carbonyl (C=O) groups is 2. The first-order chi connectivity index (χ1) is 10.5. The van der Waals surface area contributed by atoms with Gasteiger partial charge in [0.2, 0.25) is 0 Å². The zero-order chi connectivity index (χ0) is 15.7. The van der Waals surface area contributed by atoms with Gasteiger partial charge in [-0.15, -0.1) is 0 Å². The molecule has 1 unspecified atom stereocenters. The quantitative estimate of drug-likeness (QED) is 0.808. The largest absolute Gasteiger partial charge is 0.466 e. The van der Waals surface area contributed by atoms with Gasteiger partial charge in [-0.05, 0) is 47.1 Å². The van der Waals surface area contributed by atoms with Crippen LogP contribution in [0, 0.1) is 0 Å². The fourth-order valence-corrected chi connectivity index (χ4v) is 2.50. The lowest BCUT2D eigenvalue weighted by atomic mass is 10.0. The molecule has 0 aliphatic carbocycles. The van der Waals surface area contributed by atoms with E-state index in [-0.39, 0.29) is 0 Å². The maximum atomic E-state index is 12.5. The van der Waals surface area contributed by atoms with Crippen molar-refractivity contribution in [3.8, 4) is 5.75 Å². The lowest BCUT2D eigenvalue weighted by molar-refractivity contribution is -0.143.